The lowest BCUT2D eigenvalue weighted by Crippen LogP contribution is -2.48. The van der Waals surface area contributed by atoms with E-state index in [1.165, 1.54) is 7.11 Å². The lowest BCUT2D eigenvalue weighted by Gasteiger charge is -2.34. The average Bonchev–Trinajstić information content (AvgIpc) is 3.60. The summed E-state index contributed by atoms with van der Waals surface area (Å²) in [6.45, 7) is 2.24. The third kappa shape index (κ3) is 5.53. The molecule has 2 aromatic rings. The molecule has 13 nitrogen and oxygen atoms in total. The number of morpholine rings is 1. The predicted octanol–water partition coefficient (Wildman–Crippen LogP) is 0.685. The van der Waals surface area contributed by atoms with E-state index in [1.807, 2.05) is 19.2 Å². The molecule has 1 unspecified atom stereocenters. The van der Waals surface area contributed by atoms with E-state index in [0.717, 1.165) is 29.2 Å². The number of rotatable bonds is 10. The summed E-state index contributed by atoms with van der Waals surface area (Å²) in [6.07, 6.45) is 1.47. The van der Waals surface area contributed by atoms with E-state index in [0.29, 0.717) is 31.1 Å². The van der Waals surface area contributed by atoms with Gasteiger partial charge in [-0.25, -0.2) is 9.69 Å². The molecule has 2 saturated heterocycles. The minimum atomic E-state index is -0.925. The molecule has 0 radical (unpaired) electrons. The summed E-state index contributed by atoms with van der Waals surface area (Å²) in [5.41, 5.74) is 0.586. The second-order valence-corrected chi connectivity index (χ2v) is 9.75. The summed E-state index contributed by atoms with van der Waals surface area (Å²) in [7, 11) is 3.54. The van der Waals surface area contributed by atoms with E-state index in [4.69, 9.17) is 14.0 Å². The van der Waals surface area contributed by atoms with Gasteiger partial charge in [-0.2, -0.15) is 4.98 Å². The van der Waals surface area contributed by atoms with E-state index in [9.17, 15) is 19.2 Å². The maximum atomic E-state index is 13.5. The van der Waals surface area contributed by atoms with Gasteiger partial charge in [-0.15, -0.1) is 0 Å². The molecule has 5 amide bonds. The second-order valence-electron chi connectivity index (χ2n) is 9.75. The van der Waals surface area contributed by atoms with Crippen LogP contribution in [0.2, 0.25) is 0 Å². The van der Waals surface area contributed by atoms with Crippen LogP contribution in [0.3, 0.4) is 0 Å². The number of para-hydroxylation sites is 2. The smallest absolute Gasteiger partial charge is 0.334 e. The fraction of sp³-hybridized carbons (Fsp3) is 0.520. The van der Waals surface area contributed by atoms with Crippen LogP contribution >= 0.6 is 0 Å². The number of urea groups is 1. The SMILES string of the molecule is COc1ccccc1N(CC1CN(C)CCO1)C(=O)Cc1noc(CN2C(=O)C(=O)N(CC3CC3)C2=O)n1. The Bertz CT molecular complexity index is 1230. The summed E-state index contributed by atoms with van der Waals surface area (Å²) >= 11 is 0. The van der Waals surface area contributed by atoms with Crippen LogP contribution in [0.4, 0.5) is 10.5 Å². The van der Waals surface area contributed by atoms with Crippen LogP contribution in [0.15, 0.2) is 28.8 Å². The third-order valence-electron chi connectivity index (χ3n) is 6.79. The number of anilines is 1. The monoisotopic (exact) mass is 526 g/mol. The van der Waals surface area contributed by atoms with E-state index < -0.39 is 17.8 Å². The molecule has 1 aromatic heterocycles. The van der Waals surface area contributed by atoms with E-state index >= 15 is 0 Å². The number of hydrogen-bond donors (Lipinski definition) is 0. The van der Waals surface area contributed by atoms with Crippen LogP contribution in [0.25, 0.3) is 0 Å². The Morgan fingerprint density at radius 3 is 2.66 bits per heavy atom. The van der Waals surface area contributed by atoms with Crippen LogP contribution in [-0.2, 0) is 32.1 Å². The standard InChI is InChI=1S/C25H30N6O7/c1-28-9-10-37-17(13-28)14-29(18-5-3-4-6-19(18)36-2)22(32)11-20-26-21(38-27-20)15-31-24(34)23(33)30(25(31)35)12-16-7-8-16/h3-6,16-17H,7-15H2,1-2H3. The number of imide groups is 2. The number of benzene rings is 1. The van der Waals surface area contributed by atoms with Crippen molar-refractivity contribution >= 4 is 29.4 Å². The molecule has 0 bridgehead atoms. The Morgan fingerprint density at radius 1 is 1.16 bits per heavy atom. The maximum Gasteiger partial charge on any atom is 0.334 e. The second kappa shape index (κ2) is 10.9. The summed E-state index contributed by atoms with van der Waals surface area (Å²) in [5, 5.41) is 3.87. The van der Waals surface area contributed by atoms with Crippen molar-refractivity contribution in [3.05, 3.63) is 36.0 Å². The first-order valence-corrected chi connectivity index (χ1v) is 12.6. The number of carbonyl (C=O) groups excluding carboxylic acids is 4. The van der Waals surface area contributed by atoms with Gasteiger partial charge in [0.25, 0.3) is 0 Å². The van der Waals surface area contributed by atoms with Crippen molar-refractivity contribution in [1.82, 2.24) is 24.8 Å². The number of likely N-dealkylation sites (N-methyl/N-ethyl adjacent to an activating group) is 1. The van der Waals surface area contributed by atoms with Crippen LogP contribution in [0, 0.1) is 5.92 Å². The molecule has 38 heavy (non-hydrogen) atoms. The average molecular weight is 527 g/mol. The van der Waals surface area contributed by atoms with Crippen LogP contribution in [0.5, 0.6) is 5.75 Å². The normalized spacial score (nSPS) is 20.4. The van der Waals surface area contributed by atoms with E-state index in [1.54, 1.807) is 17.0 Å². The number of ether oxygens (including phenoxy) is 2. The van der Waals surface area contributed by atoms with Crippen LogP contribution in [0.1, 0.15) is 24.6 Å². The number of carbonyl (C=O) groups is 4. The molecule has 1 aromatic carbocycles. The lowest BCUT2D eigenvalue weighted by molar-refractivity contribution is -0.143. The topological polar surface area (TPSA) is 139 Å². The molecule has 2 aliphatic heterocycles. The molecule has 3 fully saturated rings. The van der Waals surface area contributed by atoms with Crippen molar-refractivity contribution in [3.8, 4) is 5.75 Å². The molecular formula is C25H30N6O7. The zero-order valence-corrected chi connectivity index (χ0v) is 21.4. The van der Waals surface area contributed by atoms with E-state index in [2.05, 4.69) is 15.0 Å². The summed E-state index contributed by atoms with van der Waals surface area (Å²) in [4.78, 5) is 60.4. The van der Waals surface area contributed by atoms with Gasteiger partial charge in [-0.05, 0) is 37.9 Å². The number of aromatic nitrogens is 2. The molecular weight excluding hydrogens is 496 g/mol. The first-order chi connectivity index (χ1) is 18.3. The summed E-state index contributed by atoms with van der Waals surface area (Å²) in [6, 6.07) is 6.51. The van der Waals surface area contributed by atoms with Gasteiger partial charge in [0.05, 0.1) is 38.5 Å². The van der Waals surface area contributed by atoms with Crippen molar-refractivity contribution in [2.45, 2.75) is 31.9 Å². The zero-order valence-electron chi connectivity index (χ0n) is 21.4. The van der Waals surface area contributed by atoms with Gasteiger partial charge in [0.2, 0.25) is 11.8 Å². The van der Waals surface area contributed by atoms with Gasteiger partial charge in [0, 0.05) is 19.6 Å². The Kier molecular flexibility index (Phi) is 7.38. The molecule has 1 saturated carbocycles. The summed E-state index contributed by atoms with van der Waals surface area (Å²) < 4.78 is 16.6. The minimum absolute atomic E-state index is 0.0448. The molecule has 3 aliphatic rings. The molecule has 13 heteroatoms. The number of methoxy groups -OCH3 is 1. The van der Waals surface area contributed by atoms with Gasteiger partial charge >= 0.3 is 17.8 Å². The Hall–Kier alpha value is -3.84. The molecule has 1 atom stereocenters. The maximum absolute atomic E-state index is 13.5. The van der Waals surface area contributed by atoms with Gasteiger partial charge in [-0.3, -0.25) is 19.3 Å². The Balaban J connectivity index is 1.28. The van der Waals surface area contributed by atoms with E-state index in [-0.39, 0.29) is 49.2 Å². The van der Waals surface area contributed by atoms with Gasteiger partial charge in [0.1, 0.15) is 12.3 Å². The van der Waals surface area contributed by atoms with Crippen molar-refractivity contribution in [3.63, 3.8) is 0 Å². The van der Waals surface area contributed by atoms with Crippen LogP contribution < -0.4 is 9.64 Å². The van der Waals surface area contributed by atoms with Crippen molar-refractivity contribution in [2.75, 3.05) is 51.8 Å². The molecule has 0 spiro atoms. The third-order valence-corrected chi connectivity index (χ3v) is 6.79. The lowest BCUT2D eigenvalue weighted by atomic mass is 10.2. The number of amides is 5. The molecule has 3 heterocycles. The van der Waals surface area contributed by atoms with Gasteiger partial charge in [0.15, 0.2) is 5.82 Å². The minimum Gasteiger partial charge on any atom is -0.495 e. The molecule has 5 rings (SSSR count). The first kappa shape index (κ1) is 25.8. The number of nitrogens with zero attached hydrogens (tertiary/aromatic N) is 6. The zero-order chi connectivity index (χ0) is 26.8. The molecule has 0 N–H and O–H groups in total. The quantitative estimate of drug-likeness (QED) is 0.321. The fourth-order valence-electron chi connectivity index (χ4n) is 4.57. The Labute approximate surface area is 219 Å². The van der Waals surface area contributed by atoms with Gasteiger partial charge < -0.3 is 23.8 Å². The van der Waals surface area contributed by atoms with Crippen molar-refractivity contribution in [2.24, 2.45) is 5.92 Å². The Morgan fingerprint density at radius 2 is 1.92 bits per heavy atom. The highest BCUT2D eigenvalue weighted by Crippen LogP contribution is 2.32. The first-order valence-electron chi connectivity index (χ1n) is 12.6. The number of hydrogen-bond acceptors (Lipinski definition) is 10. The van der Waals surface area contributed by atoms with Crippen molar-refractivity contribution < 1.29 is 33.2 Å². The summed E-state index contributed by atoms with van der Waals surface area (Å²) in [5.74, 6) is -1.25. The van der Waals surface area contributed by atoms with Crippen molar-refractivity contribution in [1.29, 1.82) is 0 Å². The fourth-order valence-corrected chi connectivity index (χ4v) is 4.57. The highest BCUT2D eigenvalue weighted by molar-refractivity contribution is 6.44. The highest BCUT2D eigenvalue weighted by Gasteiger charge is 2.46. The predicted molar refractivity (Wildman–Crippen MR) is 131 cm³/mol. The highest BCUT2D eigenvalue weighted by atomic mass is 16.5. The molecule has 202 valence electrons. The van der Waals surface area contributed by atoms with Crippen LogP contribution in [-0.4, -0.2) is 102 Å². The largest absolute Gasteiger partial charge is 0.495 e. The molecule has 1 aliphatic carbocycles. The van der Waals surface area contributed by atoms with Gasteiger partial charge in [-0.1, -0.05) is 17.3 Å².